The Labute approximate surface area is 175 Å². The number of likely N-dealkylation sites (tertiary alicyclic amines) is 1. The number of nitrogens with one attached hydrogen (secondary N) is 2. The van der Waals surface area contributed by atoms with E-state index in [0.29, 0.717) is 19.5 Å². The molecule has 1 unspecified atom stereocenters. The Morgan fingerprint density at radius 3 is 2.45 bits per heavy atom. The van der Waals surface area contributed by atoms with Gasteiger partial charge < -0.3 is 20.3 Å². The molecule has 0 bridgehead atoms. The van der Waals surface area contributed by atoms with Gasteiger partial charge in [-0.25, -0.2) is 0 Å². The molecular weight excluding hydrogens is 366 g/mol. The summed E-state index contributed by atoms with van der Waals surface area (Å²) in [6.45, 7) is 6.28. The summed E-state index contributed by atoms with van der Waals surface area (Å²) < 4.78 is 5.31. The van der Waals surface area contributed by atoms with E-state index in [1.807, 2.05) is 19.1 Å². The van der Waals surface area contributed by atoms with Gasteiger partial charge in [0.25, 0.3) is 0 Å². The van der Waals surface area contributed by atoms with Crippen LogP contribution in [0.5, 0.6) is 5.75 Å². The van der Waals surface area contributed by atoms with Crippen LogP contribution in [0.4, 0.5) is 0 Å². The van der Waals surface area contributed by atoms with E-state index in [1.165, 1.54) is 24.8 Å². The maximum atomic E-state index is 11.8. The quantitative estimate of drug-likeness (QED) is 0.489. The first-order chi connectivity index (χ1) is 14.0. The average molecular weight is 404 g/mol. The van der Waals surface area contributed by atoms with Gasteiger partial charge in [0.05, 0.1) is 19.7 Å². The molecule has 0 spiro atoms. The Morgan fingerprint density at radius 2 is 1.86 bits per heavy atom. The fourth-order valence-corrected chi connectivity index (χ4v) is 3.52. The summed E-state index contributed by atoms with van der Waals surface area (Å²) in [5.74, 6) is 1.74. The van der Waals surface area contributed by atoms with Gasteiger partial charge in [0, 0.05) is 33.6 Å². The van der Waals surface area contributed by atoms with Gasteiger partial charge in [-0.15, -0.1) is 0 Å². The molecule has 0 saturated carbocycles. The number of amides is 1. The smallest absolute Gasteiger partial charge is 0.223 e. The van der Waals surface area contributed by atoms with Crippen molar-refractivity contribution in [3.05, 3.63) is 29.8 Å². The van der Waals surface area contributed by atoms with Crippen molar-refractivity contribution < 1.29 is 9.53 Å². The minimum Gasteiger partial charge on any atom is -0.497 e. The molecule has 162 valence electrons. The van der Waals surface area contributed by atoms with E-state index in [-0.39, 0.29) is 11.9 Å². The van der Waals surface area contributed by atoms with Gasteiger partial charge in [-0.05, 0) is 50.6 Å². The third-order valence-corrected chi connectivity index (χ3v) is 5.23. The second-order valence-corrected chi connectivity index (χ2v) is 7.57. The highest BCUT2D eigenvalue weighted by atomic mass is 16.5. The highest BCUT2D eigenvalue weighted by Gasteiger charge is 2.22. The predicted octanol–water partition coefficient (Wildman–Crippen LogP) is 2.26. The zero-order valence-electron chi connectivity index (χ0n) is 18.4. The van der Waals surface area contributed by atoms with E-state index in [0.717, 1.165) is 31.3 Å². The SMILES string of the molecule is CCNC(=NCC(c1ccc(OC)cc1)N1CCCCC1)NCCC(=O)N(C)C. The molecule has 2 rings (SSSR count). The molecule has 1 aliphatic heterocycles. The lowest BCUT2D eigenvalue weighted by atomic mass is 10.0. The van der Waals surface area contributed by atoms with E-state index >= 15 is 0 Å². The van der Waals surface area contributed by atoms with Crippen LogP contribution in [0.15, 0.2) is 29.3 Å². The van der Waals surface area contributed by atoms with Crippen LogP contribution in [0, 0.1) is 0 Å². The Morgan fingerprint density at radius 1 is 1.17 bits per heavy atom. The van der Waals surface area contributed by atoms with Crippen molar-refractivity contribution in [3.63, 3.8) is 0 Å². The number of hydrogen-bond donors (Lipinski definition) is 2. The standard InChI is InChI=1S/C22H37N5O2/c1-5-23-22(24-14-13-21(28)26(2)3)25-17-20(27-15-7-6-8-16-27)18-9-11-19(29-4)12-10-18/h9-12,20H,5-8,13-17H2,1-4H3,(H2,23,24,25). The van der Waals surface area contributed by atoms with Gasteiger partial charge >= 0.3 is 0 Å². The summed E-state index contributed by atoms with van der Waals surface area (Å²) >= 11 is 0. The molecule has 1 amide bonds. The first-order valence-corrected chi connectivity index (χ1v) is 10.7. The number of benzene rings is 1. The molecular formula is C22H37N5O2. The molecule has 29 heavy (non-hydrogen) atoms. The topological polar surface area (TPSA) is 69.2 Å². The number of methoxy groups -OCH3 is 1. The summed E-state index contributed by atoms with van der Waals surface area (Å²) in [5, 5.41) is 6.58. The van der Waals surface area contributed by atoms with E-state index in [2.05, 4.69) is 27.7 Å². The van der Waals surface area contributed by atoms with E-state index in [9.17, 15) is 4.79 Å². The second-order valence-electron chi connectivity index (χ2n) is 7.57. The van der Waals surface area contributed by atoms with Gasteiger partial charge in [0.2, 0.25) is 5.91 Å². The Balaban J connectivity index is 2.08. The molecule has 7 heteroatoms. The highest BCUT2D eigenvalue weighted by molar-refractivity contribution is 5.81. The molecule has 2 N–H and O–H groups in total. The van der Waals surface area contributed by atoms with Gasteiger partial charge in [0.15, 0.2) is 5.96 Å². The summed E-state index contributed by atoms with van der Waals surface area (Å²) in [4.78, 5) is 20.8. The van der Waals surface area contributed by atoms with E-state index < -0.39 is 0 Å². The van der Waals surface area contributed by atoms with Gasteiger partial charge in [-0.2, -0.15) is 0 Å². The van der Waals surface area contributed by atoms with Gasteiger partial charge in [-0.1, -0.05) is 18.6 Å². The first-order valence-electron chi connectivity index (χ1n) is 10.7. The minimum atomic E-state index is 0.109. The lowest BCUT2D eigenvalue weighted by Gasteiger charge is -2.34. The second kappa shape index (κ2) is 12.3. The third kappa shape index (κ3) is 7.57. The molecule has 1 saturated heterocycles. The van der Waals surface area contributed by atoms with Crippen LogP contribution in [0.3, 0.4) is 0 Å². The Kier molecular flexibility index (Phi) is 9.77. The molecule has 1 aromatic carbocycles. The van der Waals surface area contributed by atoms with Crippen molar-refractivity contribution in [2.45, 2.75) is 38.6 Å². The van der Waals surface area contributed by atoms with Crippen LogP contribution in [-0.4, -0.2) is 75.6 Å². The summed E-state index contributed by atoms with van der Waals surface area (Å²) in [6, 6.07) is 8.56. The molecule has 1 atom stereocenters. The molecule has 0 radical (unpaired) electrons. The number of rotatable bonds is 9. The van der Waals surface area contributed by atoms with Crippen molar-refractivity contribution in [2.75, 3.05) is 53.9 Å². The fraction of sp³-hybridized carbons (Fsp3) is 0.636. The summed E-state index contributed by atoms with van der Waals surface area (Å²) in [7, 11) is 5.25. The normalized spacial score (nSPS) is 16.2. The molecule has 1 fully saturated rings. The predicted molar refractivity (Wildman–Crippen MR) is 118 cm³/mol. The Bertz CT molecular complexity index is 639. The van der Waals surface area contributed by atoms with Crippen molar-refractivity contribution in [1.82, 2.24) is 20.4 Å². The van der Waals surface area contributed by atoms with Crippen molar-refractivity contribution >= 4 is 11.9 Å². The lowest BCUT2D eigenvalue weighted by Crippen LogP contribution is -2.40. The number of piperidine rings is 1. The highest BCUT2D eigenvalue weighted by Crippen LogP contribution is 2.26. The van der Waals surface area contributed by atoms with Crippen molar-refractivity contribution in [1.29, 1.82) is 0 Å². The van der Waals surface area contributed by atoms with Crippen LogP contribution in [0.2, 0.25) is 0 Å². The molecule has 7 nitrogen and oxygen atoms in total. The number of nitrogens with zero attached hydrogens (tertiary/aromatic N) is 3. The number of aliphatic imine (C=N–C) groups is 1. The van der Waals surface area contributed by atoms with Crippen LogP contribution in [0.25, 0.3) is 0 Å². The maximum absolute atomic E-state index is 11.8. The number of carbonyl (C=O) groups is 1. The van der Waals surface area contributed by atoms with Crippen LogP contribution >= 0.6 is 0 Å². The van der Waals surface area contributed by atoms with Crippen LogP contribution in [0.1, 0.15) is 44.2 Å². The number of hydrogen-bond acceptors (Lipinski definition) is 4. The van der Waals surface area contributed by atoms with E-state index in [4.69, 9.17) is 9.73 Å². The molecule has 0 aromatic heterocycles. The van der Waals surface area contributed by atoms with Gasteiger partial charge in [0.1, 0.15) is 5.75 Å². The lowest BCUT2D eigenvalue weighted by molar-refractivity contribution is -0.128. The fourth-order valence-electron chi connectivity index (χ4n) is 3.52. The zero-order valence-corrected chi connectivity index (χ0v) is 18.4. The zero-order chi connectivity index (χ0) is 21.1. The van der Waals surface area contributed by atoms with Crippen molar-refractivity contribution in [2.24, 2.45) is 4.99 Å². The third-order valence-electron chi connectivity index (χ3n) is 5.23. The molecule has 1 heterocycles. The number of ether oxygens (including phenoxy) is 1. The molecule has 1 aliphatic rings. The van der Waals surface area contributed by atoms with E-state index in [1.54, 1.807) is 26.1 Å². The van der Waals surface area contributed by atoms with Crippen LogP contribution in [-0.2, 0) is 4.79 Å². The summed E-state index contributed by atoms with van der Waals surface area (Å²) in [6.07, 6.45) is 4.23. The monoisotopic (exact) mass is 403 g/mol. The maximum Gasteiger partial charge on any atom is 0.223 e. The molecule has 1 aromatic rings. The first kappa shape index (κ1) is 23.0. The van der Waals surface area contributed by atoms with Crippen molar-refractivity contribution in [3.8, 4) is 5.75 Å². The average Bonchev–Trinajstić information content (AvgIpc) is 2.74. The summed E-state index contributed by atoms with van der Waals surface area (Å²) in [5.41, 5.74) is 1.26. The largest absolute Gasteiger partial charge is 0.497 e. The number of guanidine groups is 1. The molecule has 0 aliphatic carbocycles. The number of carbonyl (C=O) groups excluding carboxylic acids is 1. The van der Waals surface area contributed by atoms with Crippen LogP contribution < -0.4 is 15.4 Å². The van der Waals surface area contributed by atoms with Gasteiger partial charge in [-0.3, -0.25) is 14.7 Å². The Hall–Kier alpha value is -2.28. The minimum absolute atomic E-state index is 0.109.